The molecular formula is C19H26N2O2. The highest BCUT2D eigenvalue weighted by Crippen LogP contribution is 2.28. The molecule has 0 saturated carbocycles. The van der Waals surface area contributed by atoms with E-state index in [9.17, 15) is 9.90 Å². The summed E-state index contributed by atoms with van der Waals surface area (Å²) in [5.74, 6) is 0.155. The minimum atomic E-state index is -0.828. The fourth-order valence-electron chi connectivity index (χ4n) is 3.81. The topological polar surface area (TPSA) is 45.5 Å². The van der Waals surface area contributed by atoms with Gasteiger partial charge >= 0.3 is 0 Å². The zero-order chi connectivity index (χ0) is 16.6. The van der Waals surface area contributed by atoms with E-state index in [1.807, 2.05) is 24.1 Å². The molecule has 0 radical (unpaired) electrons. The number of fused-ring (bicyclic) bond motifs is 1. The van der Waals surface area contributed by atoms with Gasteiger partial charge in [0.25, 0.3) is 0 Å². The molecule has 2 aromatic rings. The van der Waals surface area contributed by atoms with Crippen molar-refractivity contribution in [3.63, 3.8) is 0 Å². The van der Waals surface area contributed by atoms with Crippen molar-refractivity contribution in [1.82, 2.24) is 9.47 Å². The van der Waals surface area contributed by atoms with Gasteiger partial charge in [0, 0.05) is 37.1 Å². The molecule has 0 bridgehead atoms. The molecule has 1 aliphatic rings. The Kier molecular flexibility index (Phi) is 4.19. The summed E-state index contributed by atoms with van der Waals surface area (Å²) in [6.07, 6.45) is 5.24. The fraction of sp³-hybridized carbons (Fsp3) is 0.526. The van der Waals surface area contributed by atoms with Crippen LogP contribution in [-0.4, -0.2) is 38.7 Å². The van der Waals surface area contributed by atoms with E-state index in [0.717, 1.165) is 25.8 Å². The number of nitrogens with zero attached hydrogens (tertiary/aromatic N) is 2. The summed E-state index contributed by atoms with van der Waals surface area (Å²) in [6, 6.07) is 8.24. The molecule has 1 aliphatic heterocycles. The molecule has 1 amide bonds. The maximum absolute atomic E-state index is 12.6. The monoisotopic (exact) mass is 314 g/mol. The predicted molar refractivity (Wildman–Crippen MR) is 92.3 cm³/mol. The Hall–Kier alpha value is -1.81. The number of aliphatic hydroxyl groups is 1. The summed E-state index contributed by atoms with van der Waals surface area (Å²) in [6.45, 7) is 4.37. The highest BCUT2D eigenvalue weighted by molar-refractivity contribution is 5.85. The molecule has 1 N–H and O–H groups in total. The Balaban J connectivity index is 1.71. The molecule has 1 aromatic heterocycles. The maximum Gasteiger partial charge on any atom is 0.223 e. The summed E-state index contributed by atoms with van der Waals surface area (Å²) in [5.41, 5.74) is 1.59. The molecule has 0 aliphatic carbocycles. The number of benzene rings is 1. The van der Waals surface area contributed by atoms with E-state index in [1.54, 1.807) is 13.8 Å². The van der Waals surface area contributed by atoms with E-state index in [2.05, 4.69) is 22.9 Å². The highest BCUT2D eigenvalue weighted by Gasteiger charge is 2.38. The van der Waals surface area contributed by atoms with Crippen LogP contribution in [0.3, 0.4) is 0 Å². The second-order valence-electron chi connectivity index (χ2n) is 7.18. The normalized spacial score (nSPS) is 18.8. The molecule has 1 fully saturated rings. The van der Waals surface area contributed by atoms with Crippen LogP contribution in [0.2, 0.25) is 0 Å². The Bertz CT molecular complexity index is 712. The van der Waals surface area contributed by atoms with Crippen LogP contribution >= 0.6 is 0 Å². The van der Waals surface area contributed by atoms with Gasteiger partial charge in [0.15, 0.2) is 0 Å². The van der Waals surface area contributed by atoms with Gasteiger partial charge in [0.2, 0.25) is 5.91 Å². The number of carbonyl (C=O) groups excluding carboxylic acids is 1. The lowest BCUT2D eigenvalue weighted by Crippen LogP contribution is -2.48. The van der Waals surface area contributed by atoms with Crippen LogP contribution in [0.5, 0.6) is 0 Å². The van der Waals surface area contributed by atoms with E-state index in [4.69, 9.17) is 0 Å². The standard InChI is InChI=1S/C19H26N2O2/c1-19(2,23)17-9-6-12-21(17)18(22)11-10-14-13-20(3)16-8-5-4-7-15(14)16/h4-5,7-8,13,17,23H,6,9-12H2,1-3H3/t17-/m0/s1. The van der Waals surface area contributed by atoms with Crippen LogP contribution in [-0.2, 0) is 18.3 Å². The number of likely N-dealkylation sites (tertiary alicyclic amines) is 1. The first kappa shape index (κ1) is 16.1. The van der Waals surface area contributed by atoms with Gasteiger partial charge in [-0.15, -0.1) is 0 Å². The zero-order valence-corrected chi connectivity index (χ0v) is 14.2. The van der Waals surface area contributed by atoms with E-state index >= 15 is 0 Å². The number of aromatic nitrogens is 1. The van der Waals surface area contributed by atoms with Crippen molar-refractivity contribution in [3.8, 4) is 0 Å². The summed E-state index contributed by atoms with van der Waals surface area (Å²) < 4.78 is 2.12. The van der Waals surface area contributed by atoms with Crippen LogP contribution in [0.4, 0.5) is 0 Å². The van der Waals surface area contributed by atoms with Crippen molar-refractivity contribution in [2.45, 2.75) is 51.2 Å². The highest BCUT2D eigenvalue weighted by atomic mass is 16.3. The van der Waals surface area contributed by atoms with E-state index in [1.165, 1.54) is 16.5 Å². The molecule has 23 heavy (non-hydrogen) atoms. The Morgan fingerprint density at radius 1 is 1.35 bits per heavy atom. The summed E-state index contributed by atoms with van der Waals surface area (Å²) in [7, 11) is 2.04. The first-order valence-corrected chi connectivity index (χ1v) is 8.42. The summed E-state index contributed by atoms with van der Waals surface area (Å²) in [5, 5.41) is 11.5. The van der Waals surface area contributed by atoms with Gasteiger partial charge in [0.05, 0.1) is 11.6 Å². The van der Waals surface area contributed by atoms with Gasteiger partial charge in [-0.2, -0.15) is 0 Å². The molecule has 1 saturated heterocycles. The number of para-hydroxylation sites is 1. The average molecular weight is 314 g/mol. The second-order valence-corrected chi connectivity index (χ2v) is 7.18. The maximum atomic E-state index is 12.6. The summed E-state index contributed by atoms with van der Waals surface area (Å²) >= 11 is 0. The molecule has 2 heterocycles. The van der Waals surface area contributed by atoms with E-state index < -0.39 is 5.60 Å². The van der Waals surface area contributed by atoms with Gasteiger partial charge in [-0.25, -0.2) is 0 Å². The molecule has 124 valence electrons. The number of carbonyl (C=O) groups is 1. The molecule has 4 heteroatoms. The smallest absolute Gasteiger partial charge is 0.223 e. The third kappa shape index (κ3) is 3.13. The van der Waals surface area contributed by atoms with Crippen molar-refractivity contribution in [3.05, 3.63) is 36.0 Å². The average Bonchev–Trinajstić information content (AvgIpc) is 3.10. The minimum absolute atomic E-state index is 0.0532. The largest absolute Gasteiger partial charge is 0.388 e. The van der Waals surface area contributed by atoms with Gasteiger partial charge in [-0.1, -0.05) is 18.2 Å². The molecule has 1 atom stereocenters. The van der Waals surface area contributed by atoms with Crippen LogP contribution in [0.25, 0.3) is 10.9 Å². The fourth-order valence-corrected chi connectivity index (χ4v) is 3.81. The Morgan fingerprint density at radius 3 is 2.83 bits per heavy atom. The van der Waals surface area contributed by atoms with Crippen molar-refractivity contribution in [2.75, 3.05) is 6.54 Å². The lowest BCUT2D eigenvalue weighted by Gasteiger charge is -2.33. The van der Waals surface area contributed by atoms with Gasteiger partial charge in [0.1, 0.15) is 0 Å². The minimum Gasteiger partial charge on any atom is -0.388 e. The Morgan fingerprint density at radius 2 is 2.09 bits per heavy atom. The van der Waals surface area contributed by atoms with Crippen LogP contribution in [0.15, 0.2) is 30.5 Å². The van der Waals surface area contributed by atoms with Crippen LogP contribution in [0.1, 0.15) is 38.7 Å². The van der Waals surface area contributed by atoms with E-state index in [-0.39, 0.29) is 11.9 Å². The number of hydrogen-bond donors (Lipinski definition) is 1. The molecule has 4 nitrogen and oxygen atoms in total. The van der Waals surface area contributed by atoms with Crippen molar-refractivity contribution < 1.29 is 9.90 Å². The van der Waals surface area contributed by atoms with E-state index in [0.29, 0.717) is 6.42 Å². The molecule has 1 aromatic carbocycles. The first-order chi connectivity index (χ1) is 10.9. The Labute approximate surface area is 137 Å². The number of rotatable bonds is 4. The number of amides is 1. The van der Waals surface area contributed by atoms with Gasteiger partial charge < -0.3 is 14.6 Å². The van der Waals surface area contributed by atoms with Crippen molar-refractivity contribution in [1.29, 1.82) is 0 Å². The van der Waals surface area contributed by atoms with Gasteiger partial charge in [-0.05, 0) is 44.7 Å². The van der Waals surface area contributed by atoms with Gasteiger partial charge in [-0.3, -0.25) is 4.79 Å². The van der Waals surface area contributed by atoms with Crippen molar-refractivity contribution >= 4 is 16.8 Å². The zero-order valence-electron chi connectivity index (χ0n) is 14.2. The molecule has 0 unspecified atom stereocenters. The number of hydrogen-bond acceptors (Lipinski definition) is 2. The molecule has 0 spiro atoms. The SMILES string of the molecule is Cn1cc(CCC(=O)N2CCC[C@H]2C(C)(C)O)c2ccccc21. The summed E-state index contributed by atoms with van der Waals surface area (Å²) in [4.78, 5) is 14.5. The first-order valence-electron chi connectivity index (χ1n) is 8.42. The predicted octanol–water partition coefficient (Wildman–Crippen LogP) is 2.87. The second kappa shape index (κ2) is 6.00. The quantitative estimate of drug-likeness (QED) is 0.943. The van der Waals surface area contributed by atoms with Crippen LogP contribution in [0, 0.1) is 0 Å². The van der Waals surface area contributed by atoms with Crippen molar-refractivity contribution in [2.24, 2.45) is 7.05 Å². The third-order valence-corrected chi connectivity index (χ3v) is 4.98. The molecule has 3 rings (SSSR count). The number of aryl methyl sites for hydroxylation is 2. The molecular weight excluding hydrogens is 288 g/mol. The lowest BCUT2D eigenvalue weighted by atomic mass is 9.96. The van der Waals surface area contributed by atoms with Crippen LogP contribution < -0.4 is 0 Å². The third-order valence-electron chi connectivity index (χ3n) is 4.98. The lowest BCUT2D eigenvalue weighted by molar-refractivity contribution is -0.136.